The standard InChI is InChI=1S/C27H28N4O9/c1-31(2)19-14-8-10-7-12-11(13-9-29-26(40-4)30-25(13)39-3)5-6-15(32)17(12)20(33)16(10)22(35)27(14,38)23(36)18(21(19)34)24(28)37/h5-6,9-10,14,19,32,34-35,38H,7-8H2,1-4H3,(H2,28,37)/t10-,14-,19+,27+/m0/s1. The van der Waals surface area contributed by atoms with Crippen LogP contribution in [0.1, 0.15) is 22.3 Å². The molecule has 0 fully saturated rings. The monoisotopic (exact) mass is 552 g/mol. The number of aliphatic hydroxyl groups is 3. The number of rotatable bonds is 5. The van der Waals surface area contributed by atoms with Crippen LogP contribution < -0.4 is 15.2 Å². The topological polar surface area (TPSA) is 206 Å². The number of Topliss-reactive ketones (excluding diaryl/α,β-unsaturated/α-hetero) is 2. The van der Waals surface area contributed by atoms with E-state index >= 15 is 0 Å². The highest BCUT2D eigenvalue weighted by Gasteiger charge is 2.63. The second kappa shape index (κ2) is 9.31. The van der Waals surface area contributed by atoms with Crippen LogP contribution in [0, 0.1) is 11.8 Å². The number of methoxy groups -OCH3 is 2. The van der Waals surface area contributed by atoms with Crippen molar-refractivity contribution < 1.29 is 44.3 Å². The molecule has 2 aromatic rings. The Morgan fingerprint density at radius 3 is 2.42 bits per heavy atom. The number of nitrogens with two attached hydrogens (primary N) is 1. The fraction of sp³-hybridized carbons (Fsp3) is 0.370. The number of ether oxygens (including phenoxy) is 2. The Labute approximate surface area is 228 Å². The Hall–Kier alpha value is -4.49. The van der Waals surface area contributed by atoms with Gasteiger partial charge in [-0.2, -0.15) is 4.98 Å². The van der Waals surface area contributed by atoms with Crippen molar-refractivity contribution in [3.05, 3.63) is 52.1 Å². The predicted molar refractivity (Wildman–Crippen MR) is 138 cm³/mol. The average Bonchev–Trinajstić information content (AvgIpc) is 2.90. The van der Waals surface area contributed by atoms with E-state index in [1.54, 1.807) is 20.2 Å². The quantitative estimate of drug-likeness (QED) is 0.323. The van der Waals surface area contributed by atoms with E-state index in [-0.39, 0.29) is 41.6 Å². The molecule has 6 N–H and O–H groups in total. The van der Waals surface area contributed by atoms with Crippen LogP contribution in [0.3, 0.4) is 0 Å². The van der Waals surface area contributed by atoms with Crippen LogP contribution in [-0.2, 0) is 16.0 Å². The fourth-order valence-electron chi connectivity index (χ4n) is 6.29. The van der Waals surface area contributed by atoms with Crippen molar-refractivity contribution in [2.45, 2.75) is 24.5 Å². The van der Waals surface area contributed by atoms with Crippen LogP contribution in [0.2, 0.25) is 0 Å². The summed E-state index contributed by atoms with van der Waals surface area (Å²) < 4.78 is 10.5. The zero-order valence-electron chi connectivity index (χ0n) is 22.1. The molecule has 0 aliphatic heterocycles. The van der Waals surface area contributed by atoms with E-state index in [1.165, 1.54) is 31.4 Å². The molecule has 1 amide bonds. The minimum atomic E-state index is -2.70. The van der Waals surface area contributed by atoms with E-state index in [0.29, 0.717) is 16.7 Å². The molecule has 13 heteroatoms. The first-order valence-electron chi connectivity index (χ1n) is 12.3. The summed E-state index contributed by atoms with van der Waals surface area (Å²) in [5.74, 6) is -6.99. The molecule has 3 aliphatic rings. The number of fused-ring (bicyclic) bond motifs is 3. The van der Waals surface area contributed by atoms with Gasteiger partial charge in [-0.15, -0.1) is 0 Å². The number of carbonyl (C=O) groups excluding carboxylic acids is 3. The summed E-state index contributed by atoms with van der Waals surface area (Å²) in [5, 5.41) is 44.8. The molecular formula is C27H28N4O9. The van der Waals surface area contributed by atoms with E-state index in [9.17, 15) is 34.8 Å². The SMILES string of the molecule is COc1ncc(-c2ccc(O)c3c2C[C@H]2C[C@H]4[C@@H](N(C)C)C(O)=C(C(N)=O)C(=O)[C@]4(O)C(O)=C2C3=O)c(OC)n1. The first-order chi connectivity index (χ1) is 18.9. The number of ketones is 2. The maximum Gasteiger partial charge on any atom is 0.319 e. The Morgan fingerprint density at radius 2 is 1.82 bits per heavy atom. The molecule has 0 saturated heterocycles. The third-order valence-corrected chi connectivity index (χ3v) is 8.00. The molecule has 0 radical (unpaired) electrons. The minimum Gasteiger partial charge on any atom is -0.510 e. The largest absolute Gasteiger partial charge is 0.510 e. The summed E-state index contributed by atoms with van der Waals surface area (Å²) in [4.78, 5) is 49.2. The number of hydrogen-bond donors (Lipinski definition) is 5. The number of hydrogen-bond acceptors (Lipinski definition) is 12. The van der Waals surface area contributed by atoms with Crippen molar-refractivity contribution in [1.82, 2.24) is 14.9 Å². The van der Waals surface area contributed by atoms with E-state index in [2.05, 4.69) is 9.97 Å². The van der Waals surface area contributed by atoms with Gasteiger partial charge >= 0.3 is 6.01 Å². The van der Waals surface area contributed by atoms with Crippen molar-refractivity contribution in [3.8, 4) is 28.8 Å². The van der Waals surface area contributed by atoms with Crippen LogP contribution >= 0.6 is 0 Å². The summed E-state index contributed by atoms with van der Waals surface area (Å²) in [6, 6.07) is 1.87. The number of aromatic nitrogens is 2. The molecule has 1 heterocycles. The number of primary amides is 1. The van der Waals surface area contributed by atoms with Gasteiger partial charge in [-0.1, -0.05) is 6.07 Å². The van der Waals surface area contributed by atoms with E-state index in [1.807, 2.05) is 0 Å². The average molecular weight is 553 g/mol. The van der Waals surface area contributed by atoms with Gasteiger partial charge < -0.3 is 35.6 Å². The van der Waals surface area contributed by atoms with Crippen LogP contribution in [0.15, 0.2) is 41.0 Å². The van der Waals surface area contributed by atoms with Crippen molar-refractivity contribution >= 4 is 17.5 Å². The molecule has 5 rings (SSSR count). The van der Waals surface area contributed by atoms with E-state index in [4.69, 9.17) is 15.2 Å². The van der Waals surface area contributed by atoms with Gasteiger partial charge in [0.25, 0.3) is 5.91 Å². The number of likely N-dealkylation sites (N-methyl/N-ethyl adjacent to an activating group) is 1. The molecule has 0 spiro atoms. The van der Waals surface area contributed by atoms with Crippen molar-refractivity contribution in [2.75, 3.05) is 28.3 Å². The first kappa shape index (κ1) is 27.1. The molecule has 0 bridgehead atoms. The van der Waals surface area contributed by atoms with E-state index in [0.717, 1.165) is 0 Å². The number of amides is 1. The Bertz CT molecular complexity index is 1550. The molecule has 40 heavy (non-hydrogen) atoms. The molecule has 0 unspecified atom stereocenters. The molecule has 4 atom stereocenters. The molecule has 1 aromatic carbocycles. The third-order valence-electron chi connectivity index (χ3n) is 8.00. The number of carbonyl (C=O) groups is 3. The molecular weight excluding hydrogens is 524 g/mol. The number of aromatic hydroxyl groups is 1. The van der Waals surface area contributed by atoms with Crippen molar-refractivity contribution in [3.63, 3.8) is 0 Å². The number of nitrogens with zero attached hydrogens (tertiary/aromatic N) is 3. The fourth-order valence-corrected chi connectivity index (χ4v) is 6.29. The van der Waals surface area contributed by atoms with Gasteiger partial charge in [0.2, 0.25) is 11.7 Å². The van der Waals surface area contributed by atoms with Crippen molar-refractivity contribution in [2.24, 2.45) is 17.6 Å². The van der Waals surface area contributed by atoms with Gasteiger partial charge in [-0.3, -0.25) is 19.3 Å². The van der Waals surface area contributed by atoms with Gasteiger partial charge in [0.15, 0.2) is 11.4 Å². The van der Waals surface area contributed by atoms with Gasteiger partial charge in [0, 0.05) is 17.7 Å². The maximum absolute atomic E-state index is 13.9. The van der Waals surface area contributed by atoms with Crippen molar-refractivity contribution in [1.29, 1.82) is 0 Å². The number of benzene rings is 1. The van der Waals surface area contributed by atoms with Gasteiger partial charge in [-0.05, 0) is 50.0 Å². The zero-order valence-corrected chi connectivity index (χ0v) is 22.1. The molecule has 210 valence electrons. The summed E-state index contributed by atoms with van der Waals surface area (Å²) >= 11 is 0. The van der Waals surface area contributed by atoms with Crippen LogP contribution in [0.5, 0.6) is 17.6 Å². The third kappa shape index (κ3) is 3.58. The Kier molecular flexibility index (Phi) is 6.31. The van der Waals surface area contributed by atoms with E-state index < -0.39 is 58.0 Å². The molecule has 3 aliphatic carbocycles. The van der Waals surface area contributed by atoms with Gasteiger partial charge in [-0.25, -0.2) is 4.98 Å². The first-order valence-corrected chi connectivity index (χ1v) is 12.3. The minimum absolute atomic E-state index is 0.0306. The zero-order chi connectivity index (χ0) is 29.3. The van der Waals surface area contributed by atoms with Crippen LogP contribution in [-0.4, -0.2) is 92.7 Å². The van der Waals surface area contributed by atoms with Crippen LogP contribution in [0.25, 0.3) is 11.1 Å². The highest BCUT2D eigenvalue weighted by Crippen LogP contribution is 2.53. The Balaban J connectivity index is 1.72. The number of aliphatic hydroxyl groups excluding tert-OH is 2. The second-order valence-electron chi connectivity index (χ2n) is 10.2. The van der Waals surface area contributed by atoms with Crippen LogP contribution in [0.4, 0.5) is 0 Å². The Morgan fingerprint density at radius 1 is 1.12 bits per heavy atom. The lowest BCUT2D eigenvalue weighted by Gasteiger charge is -2.50. The summed E-state index contributed by atoms with van der Waals surface area (Å²) in [5.41, 5.74) is 2.75. The number of allylic oxidation sites excluding steroid dienone is 1. The normalized spacial score (nSPS) is 25.9. The predicted octanol–water partition coefficient (Wildman–Crippen LogP) is 0.595. The smallest absolute Gasteiger partial charge is 0.319 e. The highest BCUT2D eigenvalue weighted by atomic mass is 16.5. The lowest BCUT2D eigenvalue weighted by molar-refractivity contribution is -0.148. The molecule has 0 saturated carbocycles. The second-order valence-corrected chi connectivity index (χ2v) is 10.2. The molecule has 13 nitrogen and oxygen atoms in total. The molecule has 1 aromatic heterocycles. The van der Waals surface area contributed by atoms with Gasteiger partial charge in [0.05, 0.1) is 31.4 Å². The number of phenols is 1. The summed E-state index contributed by atoms with van der Waals surface area (Å²) in [6.07, 6.45) is 1.53. The number of phenolic OH excluding ortho intramolecular Hbond substituents is 1. The highest BCUT2D eigenvalue weighted by molar-refractivity contribution is 6.24. The summed E-state index contributed by atoms with van der Waals surface area (Å²) in [7, 11) is 5.95. The van der Waals surface area contributed by atoms with Gasteiger partial charge in [0.1, 0.15) is 22.8 Å². The maximum atomic E-state index is 13.9. The lowest BCUT2D eigenvalue weighted by Crippen LogP contribution is -2.63. The lowest BCUT2D eigenvalue weighted by atomic mass is 9.58. The summed E-state index contributed by atoms with van der Waals surface area (Å²) in [6.45, 7) is 0.